The Kier molecular flexibility index (Phi) is 3.52. The molecule has 0 spiro atoms. The fourth-order valence-electron chi connectivity index (χ4n) is 2.79. The quantitative estimate of drug-likeness (QED) is 0.749. The van der Waals surface area contributed by atoms with Gasteiger partial charge in [0.15, 0.2) is 0 Å². The molecule has 1 aliphatic carbocycles. The highest BCUT2D eigenvalue weighted by Gasteiger charge is 2.33. The maximum absolute atomic E-state index is 9.37. The van der Waals surface area contributed by atoms with Gasteiger partial charge in [-0.1, -0.05) is 51.0 Å². The van der Waals surface area contributed by atoms with E-state index in [-0.39, 0.29) is 5.41 Å². The van der Waals surface area contributed by atoms with Crippen LogP contribution >= 0.6 is 0 Å². The Hall–Kier alpha value is -1.29. The highest BCUT2D eigenvalue weighted by Crippen LogP contribution is 2.40. The van der Waals surface area contributed by atoms with Crippen LogP contribution in [-0.2, 0) is 6.42 Å². The van der Waals surface area contributed by atoms with Crippen molar-refractivity contribution in [1.29, 1.82) is 5.26 Å². The van der Waals surface area contributed by atoms with Crippen LogP contribution in [0.5, 0.6) is 0 Å². The summed E-state index contributed by atoms with van der Waals surface area (Å²) in [4.78, 5) is 0. The number of nitrogens with zero attached hydrogens (tertiary/aromatic N) is 1. The second-order valence-corrected chi connectivity index (χ2v) is 5.67. The molecule has 0 N–H and O–H groups in total. The lowest BCUT2D eigenvalue weighted by Gasteiger charge is -2.20. The van der Waals surface area contributed by atoms with E-state index in [1.165, 1.54) is 24.0 Å². The van der Waals surface area contributed by atoms with Gasteiger partial charge >= 0.3 is 0 Å². The first-order chi connectivity index (χ1) is 8.15. The minimum Gasteiger partial charge on any atom is -0.198 e. The van der Waals surface area contributed by atoms with Crippen molar-refractivity contribution in [3.8, 4) is 6.07 Å². The molecule has 1 saturated carbocycles. The van der Waals surface area contributed by atoms with E-state index in [4.69, 9.17) is 0 Å². The van der Waals surface area contributed by atoms with Crippen LogP contribution in [0.15, 0.2) is 24.3 Å². The van der Waals surface area contributed by atoms with Crippen molar-refractivity contribution in [1.82, 2.24) is 0 Å². The van der Waals surface area contributed by atoms with Crippen LogP contribution in [0.2, 0.25) is 0 Å². The van der Waals surface area contributed by atoms with Crippen molar-refractivity contribution in [2.75, 3.05) is 0 Å². The van der Waals surface area contributed by atoms with Crippen LogP contribution in [0.1, 0.15) is 56.6 Å². The van der Waals surface area contributed by atoms with E-state index in [1.807, 2.05) is 0 Å². The second-order valence-electron chi connectivity index (χ2n) is 5.67. The van der Waals surface area contributed by atoms with Gasteiger partial charge in [-0.05, 0) is 36.3 Å². The fourth-order valence-corrected chi connectivity index (χ4v) is 2.79. The van der Waals surface area contributed by atoms with E-state index in [0.717, 1.165) is 19.3 Å². The second kappa shape index (κ2) is 4.92. The van der Waals surface area contributed by atoms with Crippen LogP contribution in [-0.4, -0.2) is 0 Å². The summed E-state index contributed by atoms with van der Waals surface area (Å²) in [6, 6.07) is 11.4. The molecule has 1 aliphatic rings. The van der Waals surface area contributed by atoms with Gasteiger partial charge in [-0.3, -0.25) is 0 Å². The minimum atomic E-state index is -0.0701. The molecule has 0 unspecified atom stereocenters. The average molecular weight is 227 g/mol. The van der Waals surface area contributed by atoms with Crippen molar-refractivity contribution in [3.63, 3.8) is 0 Å². The summed E-state index contributed by atoms with van der Waals surface area (Å²) in [7, 11) is 0. The van der Waals surface area contributed by atoms with Gasteiger partial charge in [0.2, 0.25) is 0 Å². The van der Waals surface area contributed by atoms with Crippen molar-refractivity contribution < 1.29 is 0 Å². The number of rotatable bonds is 3. The van der Waals surface area contributed by atoms with Gasteiger partial charge in [0, 0.05) is 0 Å². The summed E-state index contributed by atoms with van der Waals surface area (Å²) in [5.41, 5.74) is 2.63. The molecule has 0 aromatic heterocycles. The molecule has 0 heterocycles. The summed E-state index contributed by atoms with van der Waals surface area (Å²) in [6.07, 6.45) is 5.53. The summed E-state index contributed by atoms with van der Waals surface area (Å²) in [6.45, 7) is 4.42. The van der Waals surface area contributed by atoms with E-state index in [0.29, 0.717) is 5.92 Å². The molecule has 1 nitrogen and oxygen atoms in total. The molecule has 2 rings (SSSR count). The third-order valence-electron chi connectivity index (χ3n) is 3.99. The largest absolute Gasteiger partial charge is 0.198 e. The predicted molar refractivity (Wildman–Crippen MR) is 70.7 cm³/mol. The minimum absolute atomic E-state index is 0.0701. The van der Waals surface area contributed by atoms with Crippen LogP contribution in [0.25, 0.3) is 0 Å². The first-order valence-electron chi connectivity index (χ1n) is 6.65. The summed E-state index contributed by atoms with van der Waals surface area (Å²) in [5, 5.41) is 9.37. The first-order valence-corrected chi connectivity index (χ1v) is 6.65. The lowest BCUT2D eigenvalue weighted by atomic mass is 9.81. The maximum Gasteiger partial charge on any atom is 0.0693 e. The molecule has 1 aromatic rings. The van der Waals surface area contributed by atoms with E-state index in [1.54, 1.807) is 0 Å². The molecule has 0 aliphatic heterocycles. The molecule has 0 atom stereocenters. The standard InChI is InChI=1S/C16H21N/c1-13(2)15-7-5-14(6-8-15)11-16(12-17)9-3-4-10-16/h5-8,13H,3-4,9-11H2,1-2H3. The lowest BCUT2D eigenvalue weighted by Crippen LogP contribution is -2.16. The first kappa shape index (κ1) is 12.2. The van der Waals surface area contributed by atoms with Gasteiger partial charge < -0.3 is 0 Å². The third kappa shape index (κ3) is 2.69. The zero-order chi connectivity index (χ0) is 12.3. The molecule has 0 bridgehead atoms. The Labute approximate surface area is 104 Å². The Morgan fingerprint density at radius 1 is 1.18 bits per heavy atom. The Morgan fingerprint density at radius 3 is 2.24 bits per heavy atom. The lowest BCUT2D eigenvalue weighted by molar-refractivity contribution is 0.408. The predicted octanol–water partition coefficient (Wildman–Crippen LogP) is 4.44. The van der Waals surface area contributed by atoms with Crippen molar-refractivity contribution >= 4 is 0 Å². The molecule has 0 amide bonds. The van der Waals surface area contributed by atoms with Gasteiger partial charge in [-0.15, -0.1) is 0 Å². The van der Waals surface area contributed by atoms with Crippen LogP contribution in [0, 0.1) is 16.7 Å². The van der Waals surface area contributed by atoms with Gasteiger partial charge in [0.25, 0.3) is 0 Å². The highest BCUT2D eigenvalue weighted by molar-refractivity contribution is 5.26. The van der Waals surface area contributed by atoms with Gasteiger partial charge in [-0.25, -0.2) is 0 Å². The van der Waals surface area contributed by atoms with Gasteiger partial charge in [-0.2, -0.15) is 5.26 Å². The summed E-state index contributed by atoms with van der Waals surface area (Å²) < 4.78 is 0. The number of nitriles is 1. The molecular weight excluding hydrogens is 206 g/mol. The molecule has 1 fully saturated rings. The smallest absolute Gasteiger partial charge is 0.0693 e. The molecular formula is C16H21N. The number of benzene rings is 1. The monoisotopic (exact) mass is 227 g/mol. The molecule has 1 heteroatoms. The highest BCUT2D eigenvalue weighted by atomic mass is 14.4. The zero-order valence-electron chi connectivity index (χ0n) is 10.9. The molecule has 0 saturated heterocycles. The normalized spacial score (nSPS) is 18.2. The SMILES string of the molecule is CC(C)c1ccc(CC2(C#N)CCCC2)cc1. The third-order valence-corrected chi connectivity index (χ3v) is 3.99. The topological polar surface area (TPSA) is 23.8 Å². The Balaban J connectivity index is 2.11. The van der Waals surface area contributed by atoms with E-state index in [2.05, 4.69) is 44.2 Å². The average Bonchev–Trinajstić information content (AvgIpc) is 2.79. The molecule has 1 aromatic carbocycles. The van der Waals surface area contributed by atoms with Crippen LogP contribution in [0.3, 0.4) is 0 Å². The zero-order valence-corrected chi connectivity index (χ0v) is 10.9. The van der Waals surface area contributed by atoms with Gasteiger partial charge in [0.05, 0.1) is 11.5 Å². The molecule has 17 heavy (non-hydrogen) atoms. The van der Waals surface area contributed by atoms with Crippen molar-refractivity contribution in [2.24, 2.45) is 5.41 Å². The number of hydrogen-bond donors (Lipinski definition) is 0. The van der Waals surface area contributed by atoms with Crippen molar-refractivity contribution in [2.45, 2.75) is 51.9 Å². The van der Waals surface area contributed by atoms with Gasteiger partial charge in [0.1, 0.15) is 0 Å². The molecule has 90 valence electrons. The Bertz CT molecular complexity index is 402. The fraction of sp³-hybridized carbons (Fsp3) is 0.562. The van der Waals surface area contributed by atoms with E-state index >= 15 is 0 Å². The number of hydrogen-bond acceptors (Lipinski definition) is 1. The van der Waals surface area contributed by atoms with Crippen LogP contribution in [0.4, 0.5) is 0 Å². The molecule has 0 radical (unpaired) electrons. The Morgan fingerprint density at radius 2 is 1.76 bits per heavy atom. The van der Waals surface area contributed by atoms with E-state index < -0.39 is 0 Å². The van der Waals surface area contributed by atoms with Crippen molar-refractivity contribution in [3.05, 3.63) is 35.4 Å². The summed E-state index contributed by atoms with van der Waals surface area (Å²) in [5.74, 6) is 0.584. The van der Waals surface area contributed by atoms with Crippen LogP contribution < -0.4 is 0 Å². The maximum atomic E-state index is 9.37. The van der Waals surface area contributed by atoms with E-state index in [9.17, 15) is 5.26 Å². The summed E-state index contributed by atoms with van der Waals surface area (Å²) >= 11 is 0.